The van der Waals surface area contributed by atoms with Crippen molar-refractivity contribution in [3.63, 3.8) is 0 Å². The van der Waals surface area contributed by atoms with Crippen LogP contribution in [0.5, 0.6) is 5.75 Å². The van der Waals surface area contributed by atoms with Gasteiger partial charge < -0.3 is 19.8 Å². The van der Waals surface area contributed by atoms with Crippen molar-refractivity contribution in [2.45, 2.75) is 51.0 Å². The van der Waals surface area contributed by atoms with Gasteiger partial charge in [0.05, 0.1) is 19.6 Å². The van der Waals surface area contributed by atoms with E-state index in [2.05, 4.69) is 21.4 Å². The minimum atomic E-state index is -0.290. The molecule has 0 aliphatic heterocycles. The Kier molecular flexibility index (Phi) is 6.55. The zero-order valence-corrected chi connectivity index (χ0v) is 19.8. The SMILES string of the molecule is CCOC(=O)C1CC1CN[C@H]1CC[C@H](c2cc3c(-c4cc(F)ccc4OC)ccnc3[nH]2)CC1. The van der Waals surface area contributed by atoms with Gasteiger partial charge in [-0.1, -0.05) is 0 Å². The van der Waals surface area contributed by atoms with Crippen LogP contribution in [-0.2, 0) is 9.53 Å². The van der Waals surface area contributed by atoms with E-state index in [0.29, 0.717) is 30.2 Å². The highest BCUT2D eigenvalue weighted by Gasteiger charge is 2.44. The number of ether oxygens (including phenoxy) is 2. The van der Waals surface area contributed by atoms with Gasteiger partial charge in [0, 0.05) is 28.9 Å². The van der Waals surface area contributed by atoms with E-state index in [-0.39, 0.29) is 17.7 Å². The Bertz CT molecular complexity index is 1170. The molecule has 2 heterocycles. The number of hydrogen-bond donors (Lipinski definition) is 2. The van der Waals surface area contributed by atoms with Gasteiger partial charge in [0.1, 0.15) is 17.2 Å². The summed E-state index contributed by atoms with van der Waals surface area (Å²) in [6, 6.07) is 9.18. The number of rotatable bonds is 8. The Morgan fingerprint density at radius 1 is 1.18 bits per heavy atom. The Hall–Kier alpha value is -2.93. The number of aromatic amines is 1. The van der Waals surface area contributed by atoms with Gasteiger partial charge in [-0.15, -0.1) is 0 Å². The maximum atomic E-state index is 14.0. The normalized spacial score (nSPS) is 24.2. The molecule has 7 heteroatoms. The van der Waals surface area contributed by atoms with E-state index < -0.39 is 0 Å². The second-order valence-electron chi connectivity index (χ2n) is 9.50. The zero-order valence-electron chi connectivity index (χ0n) is 19.8. The molecule has 3 aromatic rings. The predicted octanol–water partition coefficient (Wildman–Crippen LogP) is 5.19. The second kappa shape index (κ2) is 9.74. The summed E-state index contributed by atoms with van der Waals surface area (Å²) >= 11 is 0. The standard InChI is InChI=1S/C27H32FN3O3/c1-3-34-27(32)21-12-17(21)15-30-19-7-4-16(5-8-19)24-14-23-20(10-11-29-26(23)31-24)22-13-18(28)6-9-25(22)33-2/h6,9-11,13-14,16-17,19,21,30H,3-5,7-8,12,15H2,1-2H3,(H,29,31)/t16-,17?,19-,21?. The van der Waals surface area contributed by atoms with Crippen molar-refractivity contribution >= 4 is 17.0 Å². The highest BCUT2D eigenvalue weighted by molar-refractivity contribution is 5.95. The summed E-state index contributed by atoms with van der Waals surface area (Å²) in [6.45, 7) is 3.21. The monoisotopic (exact) mass is 465 g/mol. The first-order valence-corrected chi connectivity index (χ1v) is 12.3. The minimum Gasteiger partial charge on any atom is -0.496 e. The molecule has 2 N–H and O–H groups in total. The lowest BCUT2D eigenvalue weighted by Gasteiger charge is -2.28. The second-order valence-corrected chi connectivity index (χ2v) is 9.50. The molecule has 0 saturated heterocycles. The van der Waals surface area contributed by atoms with Crippen molar-refractivity contribution in [3.8, 4) is 16.9 Å². The average molecular weight is 466 g/mol. The number of aromatic nitrogens is 2. The van der Waals surface area contributed by atoms with Crippen LogP contribution in [-0.4, -0.2) is 42.2 Å². The molecule has 34 heavy (non-hydrogen) atoms. The van der Waals surface area contributed by atoms with Crippen LogP contribution in [0.2, 0.25) is 0 Å². The van der Waals surface area contributed by atoms with Gasteiger partial charge in [0.2, 0.25) is 0 Å². The van der Waals surface area contributed by atoms with Gasteiger partial charge in [-0.3, -0.25) is 4.79 Å². The molecule has 0 spiro atoms. The van der Waals surface area contributed by atoms with Crippen molar-refractivity contribution in [1.82, 2.24) is 15.3 Å². The number of esters is 1. The number of halogens is 1. The van der Waals surface area contributed by atoms with Crippen LogP contribution in [0.4, 0.5) is 4.39 Å². The van der Waals surface area contributed by atoms with Gasteiger partial charge in [0.15, 0.2) is 0 Å². The van der Waals surface area contributed by atoms with Crippen LogP contribution in [0.3, 0.4) is 0 Å². The molecular formula is C27H32FN3O3. The summed E-state index contributed by atoms with van der Waals surface area (Å²) in [4.78, 5) is 19.9. The van der Waals surface area contributed by atoms with E-state index in [1.54, 1.807) is 19.4 Å². The lowest BCUT2D eigenvalue weighted by Crippen LogP contribution is -2.34. The summed E-state index contributed by atoms with van der Waals surface area (Å²) in [5.74, 6) is 1.28. The Balaban J connectivity index is 1.23. The average Bonchev–Trinajstić information content (AvgIpc) is 3.51. The number of benzene rings is 1. The van der Waals surface area contributed by atoms with Crippen LogP contribution >= 0.6 is 0 Å². The fourth-order valence-electron chi connectivity index (χ4n) is 5.33. The lowest BCUT2D eigenvalue weighted by molar-refractivity contribution is -0.145. The third-order valence-corrected chi connectivity index (χ3v) is 7.35. The van der Waals surface area contributed by atoms with Crippen LogP contribution in [0.25, 0.3) is 22.2 Å². The molecule has 6 nitrogen and oxygen atoms in total. The van der Waals surface area contributed by atoms with Gasteiger partial charge in [-0.05, 0) is 93.3 Å². The third kappa shape index (κ3) is 4.67. The van der Waals surface area contributed by atoms with Crippen molar-refractivity contribution in [2.75, 3.05) is 20.3 Å². The maximum Gasteiger partial charge on any atom is 0.309 e. The third-order valence-electron chi connectivity index (χ3n) is 7.35. The molecule has 2 aromatic heterocycles. The fourth-order valence-corrected chi connectivity index (χ4v) is 5.33. The van der Waals surface area contributed by atoms with E-state index in [1.165, 1.54) is 17.8 Å². The Morgan fingerprint density at radius 3 is 2.76 bits per heavy atom. The number of carbonyl (C=O) groups is 1. The molecule has 2 fully saturated rings. The number of nitrogens with zero attached hydrogens (tertiary/aromatic N) is 1. The Labute approximate surface area is 199 Å². The molecule has 0 radical (unpaired) electrons. The Morgan fingerprint density at radius 2 is 2.00 bits per heavy atom. The molecule has 0 bridgehead atoms. The van der Waals surface area contributed by atoms with Crippen LogP contribution in [0.15, 0.2) is 36.5 Å². The molecule has 2 aliphatic carbocycles. The number of carbonyl (C=O) groups excluding carboxylic acids is 1. The molecule has 2 atom stereocenters. The predicted molar refractivity (Wildman–Crippen MR) is 129 cm³/mol. The maximum absolute atomic E-state index is 14.0. The highest BCUT2D eigenvalue weighted by Crippen LogP contribution is 2.41. The molecule has 1 aromatic carbocycles. The lowest BCUT2D eigenvalue weighted by atomic mass is 9.84. The molecule has 180 valence electrons. The molecule has 0 amide bonds. The summed E-state index contributed by atoms with van der Waals surface area (Å²) in [6.07, 6.45) is 7.10. The first kappa shape index (κ1) is 22.8. The van der Waals surface area contributed by atoms with Gasteiger partial charge in [-0.25, -0.2) is 9.37 Å². The summed E-state index contributed by atoms with van der Waals surface area (Å²) in [7, 11) is 1.60. The van der Waals surface area contributed by atoms with E-state index in [9.17, 15) is 9.18 Å². The largest absolute Gasteiger partial charge is 0.496 e. The highest BCUT2D eigenvalue weighted by atomic mass is 19.1. The minimum absolute atomic E-state index is 0.0411. The van der Waals surface area contributed by atoms with Crippen molar-refractivity contribution in [2.24, 2.45) is 11.8 Å². The van der Waals surface area contributed by atoms with E-state index in [1.807, 2.05) is 13.0 Å². The van der Waals surface area contributed by atoms with Crippen molar-refractivity contribution in [3.05, 3.63) is 48.0 Å². The van der Waals surface area contributed by atoms with E-state index in [0.717, 1.165) is 60.8 Å². The molecular weight excluding hydrogens is 433 g/mol. The number of methoxy groups -OCH3 is 1. The fraction of sp³-hybridized carbons (Fsp3) is 0.481. The first-order chi connectivity index (χ1) is 16.6. The molecule has 2 unspecified atom stereocenters. The summed E-state index contributed by atoms with van der Waals surface area (Å²) in [5.41, 5.74) is 3.65. The number of pyridine rings is 1. The smallest absolute Gasteiger partial charge is 0.309 e. The number of fused-ring (bicyclic) bond motifs is 1. The molecule has 2 saturated carbocycles. The zero-order chi connectivity index (χ0) is 23.7. The molecule has 2 aliphatic rings. The first-order valence-electron chi connectivity index (χ1n) is 12.3. The van der Waals surface area contributed by atoms with Crippen LogP contribution in [0, 0.1) is 17.7 Å². The number of H-pyrrole nitrogens is 1. The summed E-state index contributed by atoms with van der Waals surface area (Å²) in [5, 5.41) is 4.66. The van der Waals surface area contributed by atoms with Crippen molar-refractivity contribution in [1.29, 1.82) is 0 Å². The van der Waals surface area contributed by atoms with Crippen molar-refractivity contribution < 1.29 is 18.7 Å². The molecule has 5 rings (SSSR count). The van der Waals surface area contributed by atoms with Gasteiger partial charge in [0.25, 0.3) is 0 Å². The van der Waals surface area contributed by atoms with Gasteiger partial charge in [-0.2, -0.15) is 0 Å². The number of nitrogens with one attached hydrogen (secondary N) is 2. The number of hydrogen-bond acceptors (Lipinski definition) is 5. The van der Waals surface area contributed by atoms with Gasteiger partial charge >= 0.3 is 5.97 Å². The quantitative estimate of drug-likeness (QED) is 0.448. The summed E-state index contributed by atoms with van der Waals surface area (Å²) < 4.78 is 24.6. The van der Waals surface area contributed by atoms with E-state index >= 15 is 0 Å². The van der Waals surface area contributed by atoms with Crippen LogP contribution in [0.1, 0.15) is 50.6 Å². The van der Waals surface area contributed by atoms with Crippen LogP contribution < -0.4 is 10.1 Å². The van der Waals surface area contributed by atoms with E-state index in [4.69, 9.17) is 9.47 Å². The topological polar surface area (TPSA) is 76.2 Å².